The van der Waals surface area contributed by atoms with Crippen LogP contribution >= 0.6 is 0 Å². The lowest BCUT2D eigenvalue weighted by atomic mass is 10.1. The molecule has 2 aromatic carbocycles. The molecule has 0 heterocycles. The highest BCUT2D eigenvalue weighted by molar-refractivity contribution is 7.89. The van der Waals surface area contributed by atoms with E-state index < -0.39 is 10.0 Å². The largest absolute Gasteiger partial charge is 0.299 e. The minimum Gasteiger partial charge on any atom is -0.299 e. The Morgan fingerprint density at radius 1 is 1.11 bits per heavy atom. The average molecular weight is 263 g/mol. The molecule has 0 aliphatic carbocycles. The van der Waals surface area contributed by atoms with Gasteiger partial charge in [0, 0.05) is 0 Å². The van der Waals surface area contributed by atoms with Crippen LogP contribution in [0.15, 0.2) is 47.4 Å². The van der Waals surface area contributed by atoms with Crippen LogP contribution in [-0.4, -0.2) is 20.7 Å². The van der Waals surface area contributed by atoms with Gasteiger partial charge in [0.1, 0.15) is 5.78 Å². The van der Waals surface area contributed by atoms with E-state index in [2.05, 4.69) is 4.72 Å². The molecule has 0 saturated carbocycles. The Bertz CT molecular complexity index is 692. The molecule has 0 aromatic heterocycles. The SMILES string of the molecule is CC(=O)CNS(=O)(=O)c1ccc2ccccc2c1. The van der Waals surface area contributed by atoms with E-state index >= 15 is 0 Å². The lowest BCUT2D eigenvalue weighted by Gasteiger charge is -2.06. The second-order valence-electron chi connectivity index (χ2n) is 4.04. The van der Waals surface area contributed by atoms with Crippen LogP contribution < -0.4 is 4.72 Å². The maximum Gasteiger partial charge on any atom is 0.240 e. The predicted octanol–water partition coefficient (Wildman–Crippen LogP) is 1.71. The van der Waals surface area contributed by atoms with Gasteiger partial charge in [-0.15, -0.1) is 0 Å². The number of hydrogen-bond donors (Lipinski definition) is 1. The summed E-state index contributed by atoms with van der Waals surface area (Å²) in [6, 6.07) is 12.4. The molecule has 0 amide bonds. The van der Waals surface area contributed by atoms with Crippen molar-refractivity contribution in [2.75, 3.05) is 6.54 Å². The Morgan fingerprint density at radius 3 is 2.44 bits per heavy atom. The van der Waals surface area contributed by atoms with Crippen LogP contribution in [-0.2, 0) is 14.8 Å². The van der Waals surface area contributed by atoms with Crippen molar-refractivity contribution in [3.63, 3.8) is 0 Å². The third-order valence-electron chi connectivity index (χ3n) is 2.54. The first-order valence-corrected chi connectivity index (χ1v) is 6.95. The lowest BCUT2D eigenvalue weighted by Crippen LogP contribution is -2.28. The van der Waals surface area contributed by atoms with E-state index in [0.29, 0.717) is 0 Å². The maximum absolute atomic E-state index is 11.9. The summed E-state index contributed by atoms with van der Waals surface area (Å²) < 4.78 is 26.1. The topological polar surface area (TPSA) is 63.2 Å². The van der Waals surface area contributed by atoms with Gasteiger partial charge in [0.2, 0.25) is 10.0 Å². The van der Waals surface area contributed by atoms with E-state index in [9.17, 15) is 13.2 Å². The van der Waals surface area contributed by atoms with Gasteiger partial charge < -0.3 is 0 Å². The molecule has 0 spiro atoms. The van der Waals surface area contributed by atoms with Crippen molar-refractivity contribution in [2.24, 2.45) is 0 Å². The highest BCUT2D eigenvalue weighted by atomic mass is 32.2. The van der Waals surface area contributed by atoms with Gasteiger partial charge in [0.15, 0.2) is 0 Å². The molecule has 0 bridgehead atoms. The Kier molecular flexibility index (Phi) is 3.45. The fraction of sp³-hybridized carbons (Fsp3) is 0.154. The molecule has 94 valence electrons. The molecule has 4 nitrogen and oxygen atoms in total. The van der Waals surface area contributed by atoms with Gasteiger partial charge in [0.05, 0.1) is 11.4 Å². The third-order valence-corrected chi connectivity index (χ3v) is 3.94. The van der Waals surface area contributed by atoms with Crippen molar-refractivity contribution in [3.05, 3.63) is 42.5 Å². The van der Waals surface area contributed by atoms with Gasteiger partial charge in [-0.3, -0.25) is 4.79 Å². The summed E-state index contributed by atoms with van der Waals surface area (Å²) in [4.78, 5) is 11.0. The standard InChI is InChI=1S/C13H13NO3S/c1-10(15)9-14-18(16,17)13-7-6-11-4-2-3-5-12(11)8-13/h2-8,14H,9H2,1H3. The fourth-order valence-electron chi connectivity index (χ4n) is 1.61. The summed E-state index contributed by atoms with van der Waals surface area (Å²) in [6.07, 6.45) is 0. The van der Waals surface area contributed by atoms with E-state index in [1.54, 1.807) is 12.1 Å². The van der Waals surface area contributed by atoms with Crippen molar-refractivity contribution >= 4 is 26.6 Å². The van der Waals surface area contributed by atoms with Crippen molar-refractivity contribution in [3.8, 4) is 0 Å². The molecule has 5 heteroatoms. The number of ketones is 1. The second-order valence-corrected chi connectivity index (χ2v) is 5.80. The zero-order chi connectivity index (χ0) is 13.2. The molecule has 0 radical (unpaired) electrons. The molecule has 2 aromatic rings. The smallest absolute Gasteiger partial charge is 0.240 e. The van der Waals surface area contributed by atoms with Gasteiger partial charge in [0.25, 0.3) is 0 Å². The van der Waals surface area contributed by atoms with Crippen LogP contribution in [0.1, 0.15) is 6.92 Å². The van der Waals surface area contributed by atoms with Crippen LogP contribution in [0.4, 0.5) is 0 Å². The molecular weight excluding hydrogens is 250 g/mol. The molecule has 0 aliphatic rings. The quantitative estimate of drug-likeness (QED) is 0.913. The lowest BCUT2D eigenvalue weighted by molar-refractivity contribution is -0.115. The van der Waals surface area contributed by atoms with Crippen molar-refractivity contribution in [1.29, 1.82) is 0 Å². The van der Waals surface area contributed by atoms with Crippen LogP contribution in [0.5, 0.6) is 0 Å². The first kappa shape index (κ1) is 12.7. The molecular formula is C13H13NO3S. The Morgan fingerprint density at radius 2 is 1.78 bits per heavy atom. The Labute approximate surface area is 106 Å². The van der Waals surface area contributed by atoms with Gasteiger partial charge in [-0.2, -0.15) is 0 Å². The highest BCUT2D eigenvalue weighted by Crippen LogP contribution is 2.18. The summed E-state index contributed by atoms with van der Waals surface area (Å²) in [6.45, 7) is 1.15. The monoisotopic (exact) mass is 263 g/mol. The molecule has 1 N–H and O–H groups in total. The van der Waals surface area contributed by atoms with Crippen molar-refractivity contribution < 1.29 is 13.2 Å². The van der Waals surface area contributed by atoms with Gasteiger partial charge in [-0.05, 0) is 29.8 Å². The first-order chi connectivity index (χ1) is 8.49. The molecule has 0 aliphatic heterocycles. The minimum atomic E-state index is -3.62. The second kappa shape index (κ2) is 4.88. The van der Waals surface area contributed by atoms with Gasteiger partial charge in [-0.1, -0.05) is 30.3 Å². The van der Waals surface area contributed by atoms with Crippen molar-refractivity contribution in [1.82, 2.24) is 4.72 Å². The molecule has 0 unspecified atom stereocenters. The normalized spacial score (nSPS) is 11.6. The number of nitrogens with one attached hydrogen (secondary N) is 1. The van der Waals surface area contributed by atoms with Crippen molar-refractivity contribution in [2.45, 2.75) is 11.8 Å². The molecule has 0 fully saturated rings. The number of hydrogen-bond acceptors (Lipinski definition) is 3. The Balaban J connectivity index is 2.38. The summed E-state index contributed by atoms with van der Waals surface area (Å²) >= 11 is 0. The third kappa shape index (κ3) is 2.75. The van der Waals surface area contributed by atoms with E-state index in [1.165, 1.54) is 13.0 Å². The number of Topliss-reactive ketones (excluding diaryl/α,β-unsaturated/α-hetero) is 1. The zero-order valence-electron chi connectivity index (χ0n) is 9.88. The van der Waals surface area contributed by atoms with Crippen LogP contribution in [0.2, 0.25) is 0 Å². The number of sulfonamides is 1. The summed E-state index contributed by atoms with van der Waals surface area (Å²) in [5.41, 5.74) is 0. The van der Waals surface area contributed by atoms with Gasteiger partial charge in [-0.25, -0.2) is 13.1 Å². The van der Waals surface area contributed by atoms with E-state index in [-0.39, 0.29) is 17.2 Å². The maximum atomic E-state index is 11.9. The minimum absolute atomic E-state index is 0.169. The summed E-state index contributed by atoms with van der Waals surface area (Å²) in [5.74, 6) is -0.223. The molecule has 0 atom stereocenters. The highest BCUT2D eigenvalue weighted by Gasteiger charge is 2.14. The number of carbonyl (C=O) groups excluding carboxylic acids is 1. The molecule has 2 rings (SSSR count). The number of benzene rings is 2. The number of rotatable bonds is 4. The number of fused-ring (bicyclic) bond motifs is 1. The Hall–Kier alpha value is -1.72. The van der Waals surface area contributed by atoms with E-state index in [1.807, 2.05) is 24.3 Å². The van der Waals surface area contributed by atoms with Crippen LogP contribution in [0.25, 0.3) is 10.8 Å². The molecule has 18 heavy (non-hydrogen) atoms. The predicted molar refractivity (Wildman–Crippen MR) is 69.8 cm³/mol. The average Bonchev–Trinajstić information content (AvgIpc) is 2.36. The molecule has 0 saturated heterocycles. The van der Waals surface area contributed by atoms with E-state index in [0.717, 1.165) is 10.8 Å². The van der Waals surface area contributed by atoms with Gasteiger partial charge >= 0.3 is 0 Å². The fourth-order valence-corrected chi connectivity index (χ4v) is 2.70. The number of carbonyl (C=O) groups is 1. The summed E-state index contributed by atoms with van der Waals surface area (Å²) in [7, 11) is -3.62. The van der Waals surface area contributed by atoms with Crippen LogP contribution in [0, 0.1) is 0 Å². The first-order valence-electron chi connectivity index (χ1n) is 5.47. The summed E-state index contributed by atoms with van der Waals surface area (Å²) in [5, 5.41) is 1.83. The van der Waals surface area contributed by atoms with E-state index in [4.69, 9.17) is 0 Å². The zero-order valence-corrected chi connectivity index (χ0v) is 10.7. The van der Waals surface area contributed by atoms with Crippen LogP contribution in [0.3, 0.4) is 0 Å².